The van der Waals surface area contributed by atoms with E-state index in [4.69, 9.17) is 24.7 Å². The lowest BCUT2D eigenvalue weighted by atomic mass is 10.1. The number of benzene rings is 2. The minimum Gasteiger partial charge on any atom is -0.497 e. The molecule has 0 bridgehead atoms. The number of hydrogen-bond donors (Lipinski definition) is 2. The van der Waals surface area contributed by atoms with Gasteiger partial charge in [-0.05, 0) is 35.4 Å². The first-order valence-corrected chi connectivity index (χ1v) is 8.22. The van der Waals surface area contributed by atoms with Gasteiger partial charge in [-0.15, -0.1) is 12.4 Å². The van der Waals surface area contributed by atoms with Crippen LogP contribution in [0.1, 0.15) is 11.1 Å². The van der Waals surface area contributed by atoms with Gasteiger partial charge in [-0.3, -0.25) is 4.79 Å². The normalized spacial score (nSPS) is 10.2. The molecule has 0 spiro atoms. The van der Waals surface area contributed by atoms with Gasteiger partial charge in [0.05, 0.1) is 40.7 Å². The fraction of sp³-hybridized carbons (Fsp3) is 0.250. The molecule has 0 aromatic heterocycles. The molecule has 0 saturated heterocycles. The van der Waals surface area contributed by atoms with E-state index in [1.807, 2.05) is 36.4 Å². The Kier molecular flexibility index (Phi) is 9.14. The standard InChI is InChI=1S/C20H24N2O5.ClH/c1-24-15-8-7-14(16(11-15)22-19(23)12-21)6-5-13-9-17(25-2)20(27-4)18(10-13)26-3;/h5-11H,12,21H2,1-4H3,(H,22,23);1H/b6-5+;. The van der Waals surface area contributed by atoms with Gasteiger partial charge in [0.1, 0.15) is 5.75 Å². The van der Waals surface area contributed by atoms with Crippen molar-refractivity contribution in [2.75, 3.05) is 40.3 Å². The van der Waals surface area contributed by atoms with Crippen molar-refractivity contribution in [1.29, 1.82) is 0 Å². The summed E-state index contributed by atoms with van der Waals surface area (Å²) in [6.45, 7) is -0.104. The highest BCUT2D eigenvalue weighted by Crippen LogP contribution is 2.38. The molecule has 0 atom stereocenters. The number of amides is 1. The molecule has 8 heteroatoms. The number of halogens is 1. The summed E-state index contributed by atoms with van der Waals surface area (Å²) in [4.78, 5) is 11.7. The number of nitrogens with one attached hydrogen (secondary N) is 1. The number of ether oxygens (including phenoxy) is 4. The topological polar surface area (TPSA) is 92.0 Å². The smallest absolute Gasteiger partial charge is 0.238 e. The SMILES string of the molecule is COc1ccc(/C=C/c2cc(OC)c(OC)c(OC)c2)c(NC(=O)CN)c1.Cl. The zero-order valence-corrected chi connectivity index (χ0v) is 17.1. The first kappa shape index (κ1) is 23.1. The van der Waals surface area contributed by atoms with Crippen molar-refractivity contribution < 1.29 is 23.7 Å². The second-order valence-electron chi connectivity index (χ2n) is 5.50. The second-order valence-corrected chi connectivity index (χ2v) is 5.50. The highest BCUT2D eigenvalue weighted by Gasteiger charge is 2.12. The predicted molar refractivity (Wildman–Crippen MR) is 113 cm³/mol. The largest absolute Gasteiger partial charge is 0.497 e. The van der Waals surface area contributed by atoms with Gasteiger partial charge in [-0.2, -0.15) is 0 Å². The number of methoxy groups -OCH3 is 4. The van der Waals surface area contributed by atoms with Crippen LogP contribution in [-0.4, -0.2) is 40.9 Å². The number of nitrogens with two attached hydrogens (primary N) is 1. The number of carbonyl (C=O) groups excluding carboxylic acids is 1. The molecule has 152 valence electrons. The molecule has 0 aliphatic carbocycles. The van der Waals surface area contributed by atoms with Crippen LogP contribution < -0.4 is 30.0 Å². The second kappa shape index (κ2) is 11.1. The molecule has 0 heterocycles. The van der Waals surface area contributed by atoms with Crippen molar-refractivity contribution in [3.8, 4) is 23.0 Å². The van der Waals surface area contributed by atoms with Gasteiger partial charge in [-0.25, -0.2) is 0 Å². The molecule has 0 unspecified atom stereocenters. The number of rotatable bonds is 8. The molecule has 7 nitrogen and oxygen atoms in total. The fourth-order valence-corrected chi connectivity index (χ4v) is 2.50. The molecular weight excluding hydrogens is 384 g/mol. The summed E-state index contributed by atoms with van der Waals surface area (Å²) in [5, 5.41) is 2.77. The zero-order chi connectivity index (χ0) is 19.8. The van der Waals surface area contributed by atoms with Crippen LogP contribution >= 0.6 is 12.4 Å². The zero-order valence-electron chi connectivity index (χ0n) is 16.3. The summed E-state index contributed by atoms with van der Waals surface area (Å²) in [6, 6.07) is 9.06. The maximum absolute atomic E-state index is 11.7. The molecule has 2 aromatic rings. The fourth-order valence-electron chi connectivity index (χ4n) is 2.50. The molecular formula is C20H25ClN2O5. The molecule has 0 aliphatic rings. The molecule has 0 radical (unpaired) electrons. The van der Waals surface area contributed by atoms with E-state index in [1.54, 1.807) is 34.5 Å². The Hall–Kier alpha value is -2.90. The van der Waals surface area contributed by atoms with E-state index in [0.29, 0.717) is 28.7 Å². The van der Waals surface area contributed by atoms with E-state index in [0.717, 1.165) is 11.1 Å². The van der Waals surface area contributed by atoms with Gasteiger partial charge >= 0.3 is 0 Å². The van der Waals surface area contributed by atoms with Crippen molar-refractivity contribution >= 4 is 36.2 Å². The van der Waals surface area contributed by atoms with Crippen LogP contribution in [0.5, 0.6) is 23.0 Å². The molecule has 28 heavy (non-hydrogen) atoms. The summed E-state index contributed by atoms with van der Waals surface area (Å²) in [5.41, 5.74) is 7.64. The van der Waals surface area contributed by atoms with E-state index < -0.39 is 0 Å². The lowest BCUT2D eigenvalue weighted by molar-refractivity contribution is -0.114. The molecule has 3 N–H and O–H groups in total. The van der Waals surface area contributed by atoms with Crippen LogP contribution in [0, 0.1) is 0 Å². The summed E-state index contributed by atoms with van der Waals surface area (Å²) in [6.07, 6.45) is 3.75. The Bertz CT molecular complexity index is 814. The quantitative estimate of drug-likeness (QED) is 0.651. The van der Waals surface area contributed by atoms with Crippen LogP contribution in [0.3, 0.4) is 0 Å². The minimum absolute atomic E-state index is 0. The average molecular weight is 409 g/mol. The highest BCUT2D eigenvalue weighted by atomic mass is 35.5. The molecule has 2 aromatic carbocycles. The Morgan fingerprint density at radius 2 is 1.61 bits per heavy atom. The van der Waals surface area contributed by atoms with Crippen LogP contribution in [-0.2, 0) is 4.79 Å². The first-order valence-electron chi connectivity index (χ1n) is 8.22. The average Bonchev–Trinajstić information content (AvgIpc) is 2.71. The van der Waals surface area contributed by atoms with Crippen LogP contribution in [0.25, 0.3) is 12.2 Å². The third-order valence-electron chi connectivity index (χ3n) is 3.86. The van der Waals surface area contributed by atoms with Gasteiger partial charge in [0.25, 0.3) is 0 Å². The Balaban J connectivity index is 0.00000392. The number of carbonyl (C=O) groups is 1. The molecule has 2 rings (SSSR count). The third-order valence-corrected chi connectivity index (χ3v) is 3.86. The van der Waals surface area contributed by atoms with Crippen molar-refractivity contribution in [3.05, 3.63) is 41.5 Å². The van der Waals surface area contributed by atoms with Crippen LogP contribution in [0.15, 0.2) is 30.3 Å². The maximum Gasteiger partial charge on any atom is 0.238 e. The monoisotopic (exact) mass is 408 g/mol. The summed E-state index contributed by atoms with van der Waals surface area (Å²) < 4.78 is 21.3. The van der Waals surface area contributed by atoms with E-state index in [-0.39, 0.29) is 24.9 Å². The molecule has 0 aliphatic heterocycles. The van der Waals surface area contributed by atoms with Gasteiger partial charge in [-0.1, -0.05) is 12.2 Å². The van der Waals surface area contributed by atoms with Crippen molar-refractivity contribution in [2.45, 2.75) is 0 Å². The number of hydrogen-bond acceptors (Lipinski definition) is 6. The van der Waals surface area contributed by atoms with Crippen molar-refractivity contribution in [3.63, 3.8) is 0 Å². The predicted octanol–water partition coefficient (Wildman–Crippen LogP) is 3.21. The molecule has 0 fully saturated rings. The van der Waals surface area contributed by atoms with E-state index in [9.17, 15) is 4.79 Å². The number of anilines is 1. The van der Waals surface area contributed by atoms with Crippen LogP contribution in [0.4, 0.5) is 5.69 Å². The highest BCUT2D eigenvalue weighted by molar-refractivity contribution is 5.95. The van der Waals surface area contributed by atoms with Crippen molar-refractivity contribution in [1.82, 2.24) is 0 Å². The minimum atomic E-state index is -0.286. The Morgan fingerprint density at radius 3 is 2.11 bits per heavy atom. The third kappa shape index (κ3) is 5.55. The Labute approximate surface area is 170 Å². The summed E-state index contributed by atoms with van der Waals surface area (Å²) >= 11 is 0. The molecule has 0 saturated carbocycles. The van der Waals surface area contributed by atoms with Gasteiger partial charge in [0.2, 0.25) is 11.7 Å². The molecule has 1 amide bonds. The van der Waals surface area contributed by atoms with E-state index in [1.165, 1.54) is 0 Å². The Morgan fingerprint density at radius 1 is 0.964 bits per heavy atom. The van der Waals surface area contributed by atoms with E-state index in [2.05, 4.69) is 5.32 Å². The van der Waals surface area contributed by atoms with Crippen molar-refractivity contribution in [2.24, 2.45) is 5.73 Å². The van der Waals surface area contributed by atoms with Crippen LogP contribution in [0.2, 0.25) is 0 Å². The van der Waals surface area contributed by atoms with Gasteiger partial charge in [0, 0.05) is 6.07 Å². The van der Waals surface area contributed by atoms with E-state index >= 15 is 0 Å². The van der Waals surface area contributed by atoms with Gasteiger partial charge in [0.15, 0.2) is 11.5 Å². The first-order chi connectivity index (χ1) is 13.1. The lowest BCUT2D eigenvalue weighted by Crippen LogP contribution is -2.22. The summed E-state index contributed by atoms with van der Waals surface area (Å²) in [7, 11) is 6.25. The summed E-state index contributed by atoms with van der Waals surface area (Å²) in [5.74, 6) is 1.99. The van der Waals surface area contributed by atoms with Gasteiger partial charge < -0.3 is 30.0 Å². The maximum atomic E-state index is 11.7. The lowest BCUT2D eigenvalue weighted by Gasteiger charge is -2.13.